The van der Waals surface area contributed by atoms with Crippen LogP contribution in [-0.4, -0.2) is 17.0 Å². The molecule has 1 amide bonds. The Balaban J connectivity index is 2.25. The Morgan fingerprint density at radius 3 is 2.54 bits per heavy atom. The van der Waals surface area contributed by atoms with Crippen LogP contribution in [0.3, 0.4) is 0 Å². The predicted octanol–water partition coefficient (Wildman–Crippen LogP) is 3.47. The van der Waals surface area contributed by atoms with E-state index in [1.54, 1.807) is 5.32 Å². The van der Waals surface area contributed by atoms with Crippen molar-refractivity contribution in [2.24, 2.45) is 0 Å². The van der Waals surface area contributed by atoms with E-state index in [4.69, 9.17) is 10.5 Å². The van der Waals surface area contributed by atoms with Crippen LogP contribution in [0.25, 0.3) is 0 Å². The molecule has 0 fully saturated rings. The van der Waals surface area contributed by atoms with Crippen molar-refractivity contribution in [3.05, 3.63) is 52.6 Å². The molecule has 10 heteroatoms. The van der Waals surface area contributed by atoms with Crippen molar-refractivity contribution in [3.8, 4) is 11.5 Å². The average molecular weight is 341 g/mol. The van der Waals surface area contributed by atoms with Gasteiger partial charge >= 0.3 is 17.8 Å². The van der Waals surface area contributed by atoms with Crippen LogP contribution in [0.5, 0.6) is 11.5 Å². The second-order valence-electron chi connectivity index (χ2n) is 4.57. The summed E-state index contributed by atoms with van der Waals surface area (Å²) >= 11 is 0. The molecule has 0 aliphatic heterocycles. The van der Waals surface area contributed by atoms with Crippen molar-refractivity contribution in [3.63, 3.8) is 0 Å². The molecule has 0 aromatic heterocycles. The Kier molecular flexibility index (Phi) is 4.58. The maximum atomic E-state index is 12.2. The van der Waals surface area contributed by atoms with E-state index in [0.29, 0.717) is 0 Å². The first-order valence-electron chi connectivity index (χ1n) is 6.37. The number of benzene rings is 2. The number of rotatable bonds is 4. The summed E-state index contributed by atoms with van der Waals surface area (Å²) in [5.74, 6) is -2.28. The minimum Gasteiger partial charge on any atom is -0.450 e. The molecule has 0 unspecified atom stereocenters. The van der Waals surface area contributed by atoms with Crippen LogP contribution in [-0.2, 0) is 4.79 Å². The first-order valence-corrected chi connectivity index (χ1v) is 6.37. The van der Waals surface area contributed by atoms with E-state index in [1.165, 1.54) is 30.3 Å². The van der Waals surface area contributed by atoms with Gasteiger partial charge in [0.05, 0.1) is 4.92 Å². The Hall–Kier alpha value is -3.30. The number of hydrogen-bond acceptors (Lipinski definition) is 5. The molecule has 126 valence electrons. The van der Waals surface area contributed by atoms with Crippen LogP contribution in [0.15, 0.2) is 42.5 Å². The quantitative estimate of drug-likeness (QED) is 0.503. The van der Waals surface area contributed by atoms with E-state index >= 15 is 0 Å². The second-order valence-corrected chi connectivity index (χ2v) is 4.57. The standard InChI is InChI=1S/C14H10F3N3O4/c15-14(16,17)13(21)19-9-2-1-3-10(7-9)24-12-5-4-8(18)6-11(12)20(22)23/h1-7H,18H2,(H,19,21). The van der Waals surface area contributed by atoms with Gasteiger partial charge in [0, 0.05) is 23.5 Å². The second kappa shape index (κ2) is 6.44. The lowest BCUT2D eigenvalue weighted by molar-refractivity contribution is -0.385. The molecule has 0 aliphatic rings. The van der Waals surface area contributed by atoms with Gasteiger partial charge in [0.15, 0.2) is 0 Å². The molecule has 0 bridgehead atoms. The molecule has 0 saturated heterocycles. The summed E-state index contributed by atoms with van der Waals surface area (Å²) in [4.78, 5) is 21.2. The smallest absolute Gasteiger partial charge is 0.450 e. The number of nitro benzene ring substituents is 1. The predicted molar refractivity (Wildman–Crippen MR) is 78.7 cm³/mol. The fourth-order valence-electron chi connectivity index (χ4n) is 1.73. The van der Waals surface area contributed by atoms with Gasteiger partial charge in [-0.25, -0.2) is 0 Å². The first kappa shape index (κ1) is 17.1. The van der Waals surface area contributed by atoms with Crippen molar-refractivity contribution in [2.45, 2.75) is 6.18 Å². The van der Waals surface area contributed by atoms with Gasteiger partial charge in [-0.15, -0.1) is 0 Å². The molecule has 24 heavy (non-hydrogen) atoms. The van der Waals surface area contributed by atoms with Crippen molar-refractivity contribution in [1.82, 2.24) is 0 Å². The Morgan fingerprint density at radius 2 is 1.92 bits per heavy atom. The van der Waals surface area contributed by atoms with Crippen molar-refractivity contribution in [1.29, 1.82) is 0 Å². The number of nitrogen functional groups attached to an aromatic ring is 1. The van der Waals surface area contributed by atoms with E-state index in [1.807, 2.05) is 0 Å². The minimum absolute atomic E-state index is 0.00264. The number of amides is 1. The van der Waals surface area contributed by atoms with Gasteiger partial charge in [-0.1, -0.05) is 6.07 Å². The largest absolute Gasteiger partial charge is 0.471 e. The Bertz CT molecular complexity index is 793. The van der Waals surface area contributed by atoms with E-state index in [2.05, 4.69) is 0 Å². The van der Waals surface area contributed by atoms with Crippen LogP contribution in [0.4, 0.5) is 30.2 Å². The van der Waals surface area contributed by atoms with Gasteiger partial charge in [-0.05, 0) is 24.3 Å². The fraction of sp³-hybridized carbons (Fsp3) is 0.0714. The van der Waals surface area contributed by atoms with E-state index < -0.39 is 22.7 Å². The normalized spacial score (nSPS) is 11.0. The number of carbonyl (C=O) groups is 1. The lowest BCUT2D eigenvalue weighted by Crippen LogP contribution is -2.29. The zero-order valence-electron chi connectivity index (χ0n) is 11.8. The van der Waals surface area contributed by atoms with Crippen molar-refractivity contribution < 1.29 is 27.6 Å². The highest BCUT2D eigenvalue weighted by atomic mass is 19.4. The molecule has 0 aliphatic carbocycles. The number of nitrogens with one attached hydrogen (secondary N) is 1. The molecule has 2 aromatic rings. The molecule has 0 saturated carbocycles. The van der Waals surface area contributed by atoms with Crippen LogP contribution < -0.4 is 15.8 Å². The van der Waals surface area contributed by atoms with Gasteiger partial charge in [-0.2, -0.15) is 13.2 Å². The van der Waals surface area contributed by atoms with Gasteiger partial charge in [0.1, 0.15) is 5.75 Å². The third kappa shape index (κ3) is 4.12. The number of alkyl halides is 3. The Morgan fingerprint density at radius 1 is 1.21 bits per heavy atom. The van der Waals surface area contributed by atoms with Gasteiger partial charge < -0.3 is 15.8 Å². The third-order valence-electron chi connectivity index (χ3n) is 2.76. The molecule has 0 heterocycles. The lowest BCUT2D eigenvalue weighted by Gasteiger charge is -2.10. The molecular weight excluding hydrogens is 331 g/mol. The molecule has 7 nitrogen and oxygen atoms in total. The molecule has 0 spiro atoms. The Labute approximate surface area is 133 Å². The summed E-state index contributed by atoms with van der Waals surface area (Å²) in [6.45, 7) is 0. The number of carbonyl (C=O) groups excluding carboxylic acids is 1. The minimum atomic E-state index is -5.04. The SMILES string of the molecule is Nc1ccc(Oc2cccc(NC(=O)C(F)(F)F)c2)c([N+](=O)[O-])c1. The molecular formula is C14H10F3N3O4. The molecule has 2 rings (SSSR count). The van der Waals surface area contributed by atoms with Crippen LogP contribution in [0, 0.1) is 10.1 Å². The first-order chi connectivity index (χ1) is 11.2. The number of halogens is 3. The summed E-state index contributed by atoms with van der Waals surface area (Å²) in [5.41, 5.74) is 5.04. The molecule has 0 atom stereocenters. The fourth-order valence-corrected chi connectivity index (χ4v) is 1.73. The number of hydrogen-bond donors (Lipinski definition) is 2. The molecule has 2 aromatic carbocycles. The number of ether oxygens (including phenoxy) is 1. The van der Waals surface area contributed by atoms with Crippen LogP contribution in [0.2, 0.25) is 0 Å². The summed E-state index contributed by atoms with van der Waals surface area (Å²) in [6, 6.07) is 8.72. The maximum absolute atomic E-state index is 12.2. The van der Waals surface area contributed by atoms with Crippen molar-refractivity contribution >= 4 is 23.0 Å². The van der Waals surface area contributed by atoms with Gasteiger partial charge in [0.25, 0.3) is 0 Å². The topological polar surface area (TPSA) is 107 Å². The van der Waals surface area contributed by atoms with E-state index in [0.717, 1.165) is 12.1 Å². The zero-order valence-corrected chi connectivity index (χ0v) is 11.8. The monoisotopic (exact) mass is 341 g/mol. The van der Waals surface area contributed by atoms with Gasteiger partial charge in [-0.3, -0.25) is 14.9 Å². The van der Waals surface area contributed by atoms with E-state index in [9.17, 15) is 28.1 Å². The number of nitrogens with two attached hydrogens (primary N) is 1. The molecule has 3 N–H and O–H groups in total. The summed E-state index contributed by atoms with van der Waals surface area (Å²) in [5, 5.41) is 12.6. The van der Waals surface area contributed by atoms with Crippen molar-refractivity contribution in [2.75, 3.05) is 11.1 Å². The molecule has 0 radical (unpaired) electrons. The van der Waals surface area contributed by atoms with Gasteiger partial charge in [0.2, 0.25) is 5.75 Å². The third-order valence-corrected chi connectivity index (χ3v) is 2.76. The summed E-state index contributed by atoms with van der Waals surface area (Å²) < 4.78 is 42.0. The van der Waals surface area contributed by atoms with Crippen LogP contribution in [0.1, 0.15) is 0 Å². The number of nitro groups is 1. The number of anilines is 2. The highest BCUT2D eigenvalue weighted by Gasteiger charge is 2.38. The summed E-state index contributed by atoms with van der Waals surface area (Å²) in [6.07, 6.45) is -5.04. The average Bonchev–Trinajstić information content (AvgIpc) is 2.48. The zero-order chi connectivity index (χ0) is 17.9. The van der Waals surface area contributed by atoms with E-state index in [-0.39, 0.29) is 22.9 Å². The highest BCUT2D eigenvalue weighted by molar-refractivity contribution is 5.95. The maximum Gasteiger partial charge on any atom is 0.471 e. The number of nitrogens with zero attached hydrogens (tertiary/aromatic N) is 1. The lowest BCUT2D eigenvalue weighted by atomic mass is 10.2. The summed E-state index contributed by atoms with van der Waals surface area (Å²) in [7, 11) is 0. The highest BCUT2D eigenvalue weighted by Crippen LogP contribution is 2.33. The van der Waals surface area contributed by atoms with Crippen LogP contribution >= 0.6 is 0 Å².